The van der Waals surface area contributed by atoms with Crippen molar-refractivity contribution in [3.8, 4) is 39.4 Å². The van der Waals surface area contributed by atoms with Gasteiger partial charge in [-0.05, 0) is 185 Å². The van der Waals surface area contributed by atoms with Crippen molar-refractivity contribution in [2.24, 2.45) is 0 Å². The highest BCUT2D eigenvalue weighted by Crippen LogP contribution is 2.54. The molecular formula is C83H66B2N4O. The lowest BCUT2D eigenvalue weighted by atomic mass is 9.30. The van der Waals surface area contributed by atoms with Crippen LogP contribution in [0.25, 0.3) is 49.7 Å². The van der Waals surface area contributed by atoms with Gasteiger partial charge in [-0.2, -0.15) is 0 Å². The largest absolute Gasteiger partial charge is 0.458 e. The standard InChI is InChI=1S/C83H66B2N4O/c1-81(2,3)52-39-41-68-61(45-52)62-46-53(82(4,5)6)40-42-69(62)89(68)57-47-74-79-75(48-57)88(56-29-16-11-17-30-56)72-50-76-67(49-66(72)84(79)64-35-20-22-37-70(64)87(74)55-27-14-10-15-28-55)85-65-36-21-23-38-71(65)86(54-25-12-9-13-26-54)73-43-51(44-77(90-76)80(73)85)58-32-24-33-60-59-31-18-19-34-63(59)83(7,8)78(58)60/h9-50H,1-8H3. The molecule has 0 fully saturated rings. The van der Waals surface area contributed by atoms with Gasteiger partial charge in [0.05, 0.1) is 16.7 Å². The van der Waals surface area contributed by atoms with Crippen molar-refractivity contribution in [1.29, 1.82) is 0 Å². The van der Waals surface area contributed by atoms with Crippen molar-refractivity contribution in [1.82, 2.24) is 4.57 Å². The van der Waals surface area contributed by atoms with Crippen LogP contribution >= 0.6 is 0 Å². The Labute approximate surface area is 528 Å². The fraction of sp³-hybridized carbons (Fsp3) is 0.133. The Morgan fingerprint density at radius 3 is 1.39 bits per heavy atom. The summed E-state index contributed by atoms with van der Waals surface area (Å²) in [5, 5.41) is 2.53. The average Bonchev–Trinajstić information content (AvgIpc) is 0.867. The molecule has 7 heteroatoms. The first-order chi connectivity index (χ1) is 43.7. The predicted molar refractivity (Wildman–Crippen MR) is 381 cm³/mol. The number of ether oxygens (including phenoxy) is 1. The highest BCUT2D eigenvalue weighted by Gasteiger charge is 2.48. The molecule has 5 aliphatic rings. The number of hydrogen-bond acceptors (Lipinski definition) is 4. The summed E-state index contributed by atoms with van der Waals surface area (Å²) in [5.74, 6) is 1.75. The van der Waals surface area contributed by atoms with Crippen LogP contribution in [0, 0.1) is 0 Å². The molecule has 0 saturated carbocycles. The van der Waals surface area contributed by atoms with Crippen molar-refractivity contribution >= 4 is 119 Å². The minimum absolute atomic E-state index is 0.0345. The van der Waals surface area contributed by atoms with E-state index in [9.17, 15) is 0 Å². The fourth-order valence-corrected chi connectivity index (χ4v) is 16.3. The molecule has 0 unspecified atom stereocenters. The molecule has 1 aliphatic carbocycles. The second-order valence-electron chi connectivity index (χ2n) is 28.1. The number of hydrogen-bond donors (Lipinski definition) is 0. The van der Waals surface area contributed by atoms with Gasteiger partial charge in [-0.25, -0.2) is 0 Å². The van der Waals surface area contributed by atoms with Crippen molar-refractivity contribution < 1.29 is 4.74 Å². The number of rotatable bonds is 5. The van der Waals surface area contributed by atoms with E-state index in [1.807, 2.05) is 0 Å². The number of benzene rings is 12. The lowest BCUT2D eigenvalue weighted by molar-refractivity contribution is 0.488. The van der Waals surface area contributed by atoms with Gasteiger partial charge < -0.3 is 24.0 Å². The third kappa shape index (κ3) is 7.53. The zero-order chi connectivity index (χ0) is 60.7. The van der Waals surface area contributed by atoms with Gasteiger partial charge in [0.25, 0.3) is 13.4 Å². The van der Waals surface area contributed by atoms with Crippen LogP contribution in [-0.2, 0) is 16.2 Å². The van der Waals surface area contributed by atoms with Crippen LogP contribution in [-0.4, -0.2) is 18.0 Å². The Hall–Kier alpha value is -10.2. The number of anilines is 9. The second kappa shape index (κ2) is 18.9. The Balaban J connectivity index is 0.917. The summed E-state index contributed by atoms with van der Waals surface area (Å²) >= 11 is 0. The van der Waals surface area contributed by atoms with E-state index in [0.29, 0.717) is 0 Å². The summed E-state index contributed by atoms with van der Waals surface area (Å²) in [6.07, 6.45) is 0. The van der Waals surface area contributed by atoms with Crippen LogP contribution in [0.4, 0.5) is 51.2 Å². The van der Waals surface area contributed by atoms with Crippen molar-refractivity contribution in [2.45, 2.75) is 71.6 Å². The Morgan fingerprint density at radius 2 is 0.822 bits per heavy atom. The summed E-state index contributed by atoms with van der Waals surface area (Å²) < 4.78 is 10.3. The number of aromatic nitrogens is 1. The monoisotopic (exact) mass is 1160 g/mol. The van der Waals surface area contributed by atoms with E-state index in [-0.39, 0.29) is 29.7 Å². The minimum Gasteiger partial charge on any atom is -0.458 e. The fourth-order valence-electron chi connectivity index (χ4n) is 16.3. The van der Waals surface area contributed by atoms with E-state index in [1.54, 1.807) is 0 Å². The third-order valence-electron chi connectivity index (χ3n) is 20.5. The van der Waals surface area contributed by atoms with Gasteiger partial charge in [0.1, 0.15) is 11.5 Å². The lowest BCUT2D eigenvalue weighted by Gasteiger charge is -2.45. The van der Waals surface area contributed by atoms with Crippen LogP contribution in [0.15, 0.2) is 255 Å². The molecular weight excluding hydrogens is 1090 g/mol. The topological polar surface area (TPSA) is 23.9 Å². The first kappa shape index (κ1) is 52.9. The highest BCUT2D eigenvalue weighted by atomic mass is 16.5. The maximum absolute atomic E-state index is 7.79. The summed E-state index contributed by atoms with van der Waals surface area (Å²) in [4.78, 5) is 7.57. The van der Waals surface area contributed by atoms with Gasteiger partial charge in [0, 0.05) is 73.4 Å². The van der Waals surface area contributed by atoms with Crippen LogP contribution in [0.2, 0.25) is 0 Å². The van der Waals surface area contributed by atoms with Crippen LogP contribution in [0.1, 0.15) is 77.6 Å². The Morgan fingerprint density at radius 1 is 0.344 bits per heavy atom. The maximum Gasteiger partial charge on any atom is 0.256 e. The van der Waals surface area contributed by atoms with E-state index in [2.05, 4.69) is 329 Å². The van der Waals surface area contributed by atoms with Gasteiger partial charge in [0.15, 0.2) is 0 Å². The number of fused-ring (bicyclic) bond motifs is 14. The quantitative estimate of drug-likeness (QED) is 0.160. The summed E-state index contributed by atoms with van der Waals surface area (Å²) in [7, 11) is 0. The lowest BCUT2D eigenvalue weighted by Crippen LogP contribution is -2.64. The molecule has 13 aromatic rings. The SMILES string of the molecule is CC(C)(C)c1ccc2c(c1)c1cc(C(C)(C)C)ccc1n2-c1cc2c3c(c1)N(c1ccccc1)c1cc4c(cc1B3c1ccccc1N2c1ccccc1)B1c2ccccc2N(c2ccccc2)c2cc(-c3cccc5c3C(C)(C)c3ccccc3-5)cc(c21)O4. The number of para-hydroxylation sites is 5. The molecule has 1 aromatic heterocycles. The van der Waals surface area contributed by atoms with Crippen molar-refractivity contribution in [3.05, 3.63) is 277 Å². The average molecular weight is 1160 g/mol. The molecule has 0 N–H and O–H groups in total. The normalized spacial score (nSPS) is 14.5. The van der Waals surface area contributed by atoms with Gasteiger partial charge in [-0.1, -0.05) is 207 Å². The number of nitrogens with zero attached hydrogens (tertiary/aromatic N) is 4. The van der Waals surface area contributed by atoms with Gasteiger partial charge >= 0.3 is 0 Å². The molecule has 0 atom stereocenters. The predicted octanol–water partition coefficient (Wildman–Crippen LogP) is 17.8. The van der Waals surface area contributed by atoms with Crippen LogP contribution < -0.4 is 52.2 Å². The van der Waals surface area contributed by atoms with E-state index < -0.39 is 0 Å². The maximum atomic E-state index is 7.79. The van der Waals surface area contributed by atoms with Crippen LogP contribution in [0.3, 0.4) is 0 Å². The molecule has 0 saturated heterocycles. The Bertz CT molecular complexity index is 5120. The molecule has 12 aromatic carbocycles. The first-order valence-corrected chi connectivity index (χ1v) is 32.0. The van der Waals surface area contributed by atoms with E-state index >= 15 is 0 Å². The van der Waals surface area contributed by atoms with Crippen LogP contribution in [0.5, 0.6) is 11.5 Å². The first-order valence-electron chi connectivity index (χ1n) is 32.0. The molecule has 4 aliphatic heterocycles. The zero-order valence-electron chi connectivity index (χ0n) is 52.1. The molecule has 5 nitrogen and oxygen atoms in total. The molecule has 0 bridgehead atoms. The molecule has 0 spiro atoms. The smallest absolute Gasteiger partial charge is 0.256 e. The summed E-state index contributed by atoms with van der Waals surface area (Å²) in [6.45, 7) is 18.4. The highest BCUT2D eigenvalue weighted by molar-refractivity contribution is 7.02. The van der Waals surface area contributed by atoms with Gasteiger partial charge in [-0.3, -0.25) is 0 Å². The van der Waals surface area contributed by atoms with Crippen molar-refractivity contribution in [2.75, 3.05) is 14.7 Å². The molecule has 5 heterocycles. The zero-order valence-corrected chi connectivity index (χ0v) is 52.1. The molecule has 18 rings (SSSR count). The molecule has 0 amide bonds. The molecule has 0 radical (unpaired) electrons. The summed E-state index contributed by atoms with van der Waals surface area (Å²) in [6, 6.07) is 96.3. The second-order valence-corrected chi connectivity index (χ2v) is 28.1. The van der Waals surface area contributed by atoms with Gasteiger partial charge in [-0.15, -0.1) is 0 Å². The van der Waals surface area contributed by atoms with E-state index in [4.69, 9.17) is 4.74 Å². The summed E-state index contributed by atoms with van der Waals surface area (Å²) in [5.41, 5.74) is 31.0. The van der Waals surface area contributed by atoms with E-state index in [1.165, 1.54) is 105 Å². The minimum atomic E-state index is -0.226. The van der Waals surface area contributed by atoms with E-state index in [0.717, 1.165) is 62.6 Å². The Kier molecular flexibility index (Phi) is 11.1. The molecule has 90 heavy (non-hydrogen) atoms. The van der Waals surface area contributed by atoms with Gasteiger partial charge in [0.2, 0.25) is 0 Å². The molecule has 430 valence electrons. The third-order valence-corrected chi connectivity index (χ3v) is 20.5. The van der Waals surface area contributed by atoms with Crippen molar-refractivity contribution in [3.63, 3.8) is 0 Å².